The highest BCUT2D eigenvalue weighted by Gasteiger charge is 2.43. The number of benzene rings is 2. The van der Waals surface area contributed by atoms with E-state index in [1.54, 1.807) is 11.3 Å². The van der Waals surface area contributed by atoms with Crippen LogP contribution in [0.15, 0.2) is 70.5 Å². The Morgan fingerprint density at radius 2 is 1.82 bits per heavy atom. The molecule has 1 amide bonds. The van der Waals surface area contributed by atoms with Gasteiger partial charge in [0.05, 0.1) is 5.69 Å². The van der Waals surface area contributed by atoms with Crippen molar-refractivity contribution in [2.75, 3.05) is 4.90 Å². The number of amides is 1. The third-order valence-electron chi connectivity index (χ3n) is 5.01. The minimum atomic E-state index is -0.192. The van der Waals surface area contributed by atoms with Crippen LogP contribution in [-0.2, 0) is 0 Å². The molecule has 0 saturated carbocycles. The number of aromatic nitrogens is 2. The van der Waals surface area contributed by atoms with Crippen LogP contribution >= 0.6 is 27.3 Å². The van der Waals surface area contributed by atoms with Crippen LogP contribution < -0.4 is 4.90 Å². The molecule has 0 unspecified atom stereocenters. The Labute approximate surface area is 175 Å². The largest absolute Gasteiger partial charge is 0.294 e. The third-order valence-corrected chi connectivity index (χ3v) is 6.46. The molecule has 0 aliphatic carbocycles. The first kappa shape index (κ1) is 17.4. The first-order valence-corrected chi connectivity index (χ1v) is 10.6. The summed E-state index contributed by atoms with van der Waals surface area (Å²) < 4.78 is 1.01. The minimum absolute atomic E-state index is 0.0480. The minimum Gasteiger partial charge on any atom is -0.294 e. The molecule has 1 N–H and O–H groups in total. The van der Waals surface area contributed by atoms with Gasteiger partial charge >= 0.3 is 0 Å². The van der Waals surface area contributed by atoms with Gasteiger partial charge in [-0.1, -0.05) is 51.8 Å². The summed E-state index contributed by atoms with van der Waals surface area (Å²) in [7, 11) is 0. The molecule has 5 rings (SSSR count). The Kier molecular flexibility index (Phi) is 4.18. The smallest absolute Gasteiger partial charge is 0.277 e. The summed E-state index contributed by atoms with van der Waals surface area (Å²) in [6.45, 7) is 2.05. The summed E-state index contributed by atoms with van der Waals surface area (Å²) in [6, 6.07) is 20.0. The SMILES string of the molecule is Cc1ccc(N2C(=O)c3[nH]nc(-c4ccc(Br)cc4)c3[C@@H]2c2cccs2)cc1. The van der Waals surface area contributed by atoms with E-state index in [0.717, 1.165) is 31.9 Å². The number of nitrogens with one attached hydrogen (secondary N) is 1. The molecular weight excluding hydrogens is 434 g/mol. The number of carbonyl (C=O) groups excluding carboxylic acids is 1. The van der Waals surface area contributed by atoms with E-state index in [4.69, 9.17) is 0 Å². The standard InChI is InChI=1S/C22H16BrN3OS/c1-13-4-10-16(11-5-13)26-21(17-3-2-12-28-17)18-19(24-25-20(18)22(26)27)14-6-8-15(23)9-7-14/h2-12,21H,1H3,(H,24,25)/t21-/m0/s1. The second kappa shape index (κ2) is 6.72. The molecule has 0 spiro atoms. The van der Waals surface area contributed by atoms with Crippen molar-refractivity contribution in [3.63, 3.8) is 0 Å². The van der Waals surface area contributed by atoms with Gasteiger partial charge in [0.1, 0.15) is 11.7 Å². The van der Waals surface area contributed by atoms with E-state index in [2.05, 4.69) is 32.2 Å². The quantitative estimate of drug-likeness (QED) is 0.419. The molecule has 4 aromatic rings. The summed E-state index contributed by atoms with van der Waals surface area (Å²) in [5.74, 6) is -0.0480. The van der Waals surface area contributed by atoms with Crippen molar-refractivity contribution in [1.82, 2.24) is 10.2 Å². The number of fused-ring (bicyclic) bond motifs is 1. The molecule has 2 aromatic heterocycles. The van der Waals surface area contributed by atoms with Gasteiger partial charge in [-0.05, 0) is 42.6 Å². The predicted molar refractivity (Wildman–Crippen MR) is 116 cm³/mol. The zero-order valence-corrected chi connectivity index (χ0v) is 17.4. The van der Waals surface area contributed by atoms with Crippen molar-refractivity contribution in [1.29, 1.82) is 0 Å². The van der Waals surface area contributed by atoms with Gasteiger partial charge in [0.25, 0.3) is 5.91 Å². The highest BCUT2D eigenvalue weighted by atomic mass is 79.9. The van der Waals surface area contributed by atoms with Gasteiger partial charge in [-0.2, -0.15) is 5.10 Å². The molecule has 0 bridgehead atoms. The van der Waals surface area contributed by atoms with E-state index in [-0.39, 0.29) is 11.9 Å². The molecule has 3 heterocycles. The third kappa shape index (κ3) is 2.72. The molecule has 1 aliphatic heterocycles. The number of nitrogens with zero attached hydrogens (tertiary/aromatic N) is 2. The lowest BCUT2D eigenvalue weighted by Crippen LogP contribution is -2.28. The number of aromatic amines is 1. The van der Waals surface area contributed by atoms with Crippen LogP contribution in [-0.4, -0.2) is 16.1 Å². The molecule has 138 valence electrons. The van der Waals surface area contributed by atoms with Crippen LogP contribution in [0.2, 0.25) is 0 Å². The van der Waals surface area contributed by atoms with E-state index in [9.17, 15) is 4.79 Å². The molecule has 28 heavy (non-hydrogen) atoms. The van der Waals surface area contributed by atoms with E-state index < -0.39 is 0 Å². The van der Waals surface area contributed by atoms with Gasteiger partial charge in [-0.15, -0.1) is 11.3 Å². The van der Waals surface area contributed by atoms with Crippen molar-refractivity contribution in [3.05, 3.63) is 92.2 Å². The zero-order valence-electron chi connectivity index (χ0n) is 15.0. The molecule has 4 nitrogen and oxygen atoms in total. The van der Waals surface area contributed by atoms with Crippen molar-refractivity contribution in [2.45, 2.75) is 13.0 Å². The number of thiophene rings is 1. The molecule has 6 heteroatoms. The number of hydrogen-bond acceptors (Lipinski definition) is 3. The maximum atomic E-state index is 13.3. The van der Waals surface area contributed by atoms with Gasteiger partial charge in [-0.3, -0.25) is 14.8 Å². The van der Waals surface area contributed by atoms with Crippen LogP contribution in [0.5, 0.6) is 0 Å². The van der Waals surface area contributed by atoms with Crippen LogP contribution in [0, 0.1) is 6.92 Å². The summed E-state index contributed by atoms with van der Waals surface area (Å²) in [4.78, 5) is 16.3. The predicted octanol–water partition coefficient (Wildman–Crippen LogP) is 5.96. The number of H-pyrrole nitrogens is 1. The Hall–Kier alpha value is -2.70. The van der Waals surface area contributed by atoms with Crippen LogP contribution in [0.3, 0.4) is 0 Å². The summed E-state index contributed by atoms with van der Waals surface area (Å²) >= 11 is 5.14. The number of anilines is 1. The number of hydrogen-bond donors (Lipinski definition) is 1. The number of halogens is 1. The van der Waals surface area contributed by atoms with Crippen molar-refractivity contribution < 1.29 is 4.79 Å². The molecule has 0 fully saturated rings. The fourth-order valence-corrected chi connectivity index (χ4v) is 4.75. The van der Waals surface area contributed by atoms with Crippen molar-refractivity contribution >= 4 is 38.9 Å². The first-order valence-electron chi connectivity index (χ1n) is 8.91. The average molecular weight is 450 g/mol. The topological polar surface area (TPSA) is 49.0 Å². The number of carbonyl (C=O) groups is 1. The van der Waals surface area contributed by atoms with Crippen LogP contribution in [0.25, 0.3) is 11.3 Å². The van der Waals surface area contributed by atoms with Crippen LogP contribution in [0.1, 0.15) is 32.5 Å². The molecule has 2 aromatic carbocycles. The maximum absolute atomic E-state index is 13.3. The Morgan fingerprint density at radius 1 is 1.07 bits per heavy atom. The Balaban J connectivity index is 1.70. The van der Waals surface area contributed by atoms with Gasteiger partial charge in [0, 0.05) is 26.2 Å². The van der Waals surface area contributed by atoms with Crippen LogP contribution in [0.4, 0.5) is 5.69 Å². The monoisotopic (exact) mass is 449 g/mol. The summed E-state index contributed by atoms with van der Waals surface area (Å²) in [5, 5.41) is 9.56. The fraction of sp³-hybridized carbons (Fsp3) is 0.0909. The number of aryl methyl sites for hydroxylation is 1. The summed E-state index contributed by atoms with van der Waals surface area (Å²) in [5.41, 5.74) is 5.37. The lowest BCUT2D eigenvalue weighted by molar-refractivity contribution is 0.0989. The lowest BCUT2D eigenvalue weighted by atomic mass is 10.0. The first-order chi connectivity index (χ1) is 13.6. The maximum Gasteiger partial charge on any atom is 0.277 e. The second-order valence-corrected chi connectivity index (χ2v) is 8.69. The molecular formula is C22H16BrN3OS. The van der Waals surface area contributed by atoms with Crippen molar-refractivity contribution in [3.8, 4) is 11.3 Å². The van der Waals surface area contributed by atoms with E-state index in [1.807, 2.05) is 71.8 Å². The van der Waals surface area contributed by atoms with E-state index in [0.29, 0.717) is 5.69 Å². The van der Waals surface area contributed by atoms with Crippen molar-refractivity contribution in [2.24, 2.45) is 0 Å². The van der Waals surface area contributed by atoms with Gasteiger partial charge < -0.3 is 0 Å². The van der Waals surface area contributed by atoms with Gasteiger partial charge in [0.15, 0.2) is 0 Å². The number of rotatable bonds is 3. The molecule has 0 saturated heterocycles. The van der Waals surface area contributed by atoms with E-state index in [1.165, 1.54) is 5.56 Å². The second-order valence-electron chi connectivity index (χ2n) is 6.80. The van der Waals surface area contributed by atoms with Gasteiger partial charge in [0.2, 0.25) is 0 Å². The molecule has 1 aliphatic rings. The average Bonchev–Trinajstić information content (AvgIpc) is 3.42. The van der Waals surface area contributed by atoms with E-state index >= 15 is 0 Å². The zero-order chi connectivity index (χ0) is 19.3. The summed E-state index contributed by atoms with van der Waals surface area (Å²) in [6.07, 6.45) is 0. The highest BCUT2D eigenvalue weighted by Crippen LogP contribution is 2.46. The fourth-order valence-electron chi connectivity index (χ4n) is 3.66. The normalized spacial score (nSPS) is 15.9. The molecule has 1 atom stereocenters. The Bertz CT molecular complexity index is 1150. The van der Waals surface area contributed by atoms with Gasteiger partial charge in [-0.25, -0.2) is 0 Å². The lowest BCUT2D eigenvalue weighted by Gasteiger charge is -2.25. The molecule has 0 radical (unpaired) electrons. The highest BCUT2D eigenvalue weighted by molar-refractivity contribution is 9.10. The Morgan fingerprint density at radius 3 is 2.50 bits per heavy atom.